The molecule has 2 nitrogen and oxygen atoms in total. The highest BCUT2D eigenvalue weighted by Crippen LogP contribution is 2.33. The molecule has 0 aliphatic rings. The van der Waals surface area contributed by atoms with Crippen LogP contribution in [0.3, 0.4) is 0 Å². The smallest absolute Gasteiger partial charge is 0.168 e. The Kier molecular flexibility index (Phi) is 4.83. The first-order valence-electron chi connectivity index (χ1n) is 6.79. The summed E-state index contributed by atoms with van der Waals surface area (Å²) in [7, 11) is 0. The van der Waals surface area contributed by atoms with Crippen LogP contribution in [0.4, 0.5) is 0 Å². The van der Waals surface area contributed by atoms with Crippen LogP contribution in [0.2, 0.25) is 0 Å². The molecule has 2 heteroatoms. The van der Waals surface area contributed by atoms with E-state index in [1.54, 1.807) is 6.08 Å². The van der Waals surface area contributed by atoms with E-state index in [9.17, 15) is 0 Å². The lowest BCUT2D eigenvalue weighted by molar-refractivity contribution is 0.218. The summed E-state index contributed by atoms with van der Waals surface area (Å²) < 4.78 is 11.8. The molecule has 0 atom stereocenters. The molecule has 0 aliphatic heterocycles. The van der Waals surface area contributed by atoms with E-state index >= 15 is 0 Å². The molecule has 0 spiro atoms. The number of hydrogen-bond donors (Lipinski definition) is 0. The van der Waals surface area contributed by atoms with Gasteiger partial charge in [0.15, 0.2) is 11.5 Å². The summed E-state index contributed by atoms with van der Waals surface area (Å²) in [6, 6.07) is 15.9. The zero-order chi connectivity index (χ0) is 14.4. The Bertz CT molecular complexity index is 559. The zero-order valence-electron chi connectivity index (χ0n) is 12.0. The van der Waals surface area contributed by atoms with Crippen molar-refractivity contribution in [2.45, 2.75) is 26.6 Å². The molecule has 2 aromatic rings. The minimum Gasteiger partial charge on any atom is -0.486 e. The average Bonchev–Trinajstić information content (AvgIpc) is 2.46. The second kappa shape index (κ2) is 6.80. The van der Waals surface area contributed by atoms with Crippen LogP contribution in [0.25, 0.3) is 6.08 Å². The first-order valence-corrected chi connectivity index (χ1v) is 6.79. The molecule has 20 heavy (non-hydrogen) atoms. The summed E-state index contributed by atoms with van der Waals surface area (Å²) in [4.78, 5) is 0. The first-order chi connectivity index (χ1) is 9.70. The van der Waals surface area contributed by atoms with Crippen molar-refractivity contribution in [3.63, 3.8) is 0 Å². The third-order valence-corrected chi connectivity index (χ3v) is 2.82. The Morgan fingerprint density at radius 2 is 1.80 bits per heavy atom. The molecule has 104 valence electrons. The summed E-state index contributed by atoms with van der Waals surface area (Å²) in [6.45, 7) is 8.35. The SMILES string of the molecule is C=Cc1cccc(OCc2ccccc2)c1OC(C)C. The molecule has 2 rings (SSSR count). The highest BCUT2D eigenvalue weighted by atomic mass is 16.5. The van der Waals surface area contributed by atoms with E-state index < -0.39 is 0 Å². The number of rotatable bonds is 6. The van der Waals surface area contributed by atoms with Gasteiger partial charge < -0.3 is 9.47 Å². The lowest BCUT2D eigenvalue weighted by Gasteiger charge is -2.17. The predicted molar refractivity (Wildman–Crippen MR) is 83.1 cm³/mol. The maximum atomic E-state index is 5.89. The van der Waals surface area contributed by atoms with Crippen LogP contribution in [-0.2, 0) is 6.61 Å². The second-order valence-corrected chi connectivity index (χ2v) is 4.82. The van der Waals surface area contributed by atoms with E-state index in [0.29, 0.717) is 6.61 Å². The average molecular weight is 268 g/mol. The molecule has 0 amide bonds. The molecule has 0 aromatic heterocycles. The minimum atomic E-state index is 0.0928. The second-order valence-electron chi connectivity index (χ2n) is 4.82. The summed E-state index contributed by atoms with van der Waals surface area (Å²) in [5.74, 6) is 1.51. The van der Waals surface area contributed by atoms with Crippen molar-refractivity contribution in [1.82, 2.24) is 0 Å². The molecule has 0 aliphatic carbocycles. The highest BCUT2D eigenvalue weighted by molar-refractivity contribution is 5.61. The normalized spacial score (nSPS) is 10.3. The van der Waals surface area contributed by atoms with Gasteiger partial charge in [0.25, 0.3) is 0 Å². The first kappa shape index (κ1) is 14.2. The topological polar surface area (TPSA) is 18.5 Å². The maximum absolute atomic E-state index is 5.89. The van der Waals surface area contributed by atoms with Crippen molar-refractivity contribution in [3.05, 3.63) is 66.2 Å². The van der Waals surface area contributed by atoms with Crippen molar-refractivity contribution in [1.29, 1.82) is 0 Å². The lowest BCUT2D eigenvalue weighted by atomic mass is 10.2. The fraction of sp³-hybridized carbons (Fsp3) is 0.222. The molecule has 0 fully saturated rings. The van der Waals surface area contributed by atoms with Crippen LogP contribution in [0.5, 0.6) is 11.5 Å². The van der Waals surface area contributed by atoms with Gasteiger partial charge in [-0.2, -0.15) is 0 Å². The van der Waals surface area contributed by atoms with Gasteiger partial charge in [-0.3, -0.25) is 0 Å². The maximum Gasteiger partial charge on any atom is 0.168 e. The van der Waals surface area contributed by atoms with Gasteiger partial charge in [-0.25, -0.2) is 0 Å². The molecular weight excluding hydrogens is 248 g/mol. The van der Waals surface area contributed by atoms with Crippen LogP contribution in [-0.4, -0.2) is 6.10 Å². The molecule has 2 aromatic carbocycles. The third-order valence-electron chi connectivity index (χ3n) is 2.82. The molecule has 0 radical (unpaired) electrons. The minimum absolute atomic E-state index is 0.0928. The summed E-state index contributed by atoms with van der Waals surface area (Å²) in [6.07, 6.45) is 1.88. The molecule has 0 unspecified atom stereocenters. The Morgan fingerprint density at radius 1 is 1.05 bits per heavy atom. The van der Waals surface area contributed by atoms with E-state index in [1.165, 1.54) is 0 Å². The molecule has 0 saturated carbocycles. The van der Waals surface area contributed by atoms with Gasteiger partial charge in [0.2, 0.25) is 0 Å². The van der Waals surface area contributed by atoms with Gasteiger partial charge in [-0.15, -0.1) is 0 Å². The number of hydrogen-bond acceptors (Lipinski definition) is 2. The van der Waals surface area contributed by atoms with Crippen LogP contribution in [0, 0.1) is 0 Å². The molecule has 0 bridgehead atoms. The zero-order valence-corrected chi connectivity index (χ0v) is 12.0. The molecule has 0 N–H and O–H groups in total. The van der Waals surface area contributed by atoms with Crippen LogP contribution < -0.4 is 9.47 Å². The quantitative estimate of drug-likeness (QED) is 0.756. The van der Waals surface area contributed by atoms with Gasteiger partial charge in [0.05, 0.1) is 6.10 Å². The van der Waals surface area contributed by atoms with Crippen LogP contribution in [0.15, 0.2) is 55.1 Å². The van der Waals surface area contributed by atoms with Gasteiger partial charge in [0, 0.05) is 5.56 Å². The molecule has 0 heterocycles. The van der Waals surface area contributed by atoms with E-state index in [-0.39, 0.29) is 6.10 Å². The van der Waals surface area contributed by atoms with Gasteiger partial charge >= 0.3 is 0 Å². The number of ether oxygens (including phenoxy) is 2. The van der Waals surface area contributed by atoms with Crippen LogP contribution in [0.1, 0.15) is 25.0 Å². The summed E-state index contributed by atoms with van der Waals surface area (Å²) >= 11 is 0. The Labute approximate surface area is 120 Å². The van der Waals surface area contributed by atoms with Crippen molar-refractivity contribution in [2.24, 2.45) is 0 Å². The van der Waals surface area contributed by atoms with E-state index in [0.717, 1.165) is 22.6 Å². The van der Waals surface area contributed by atoms with Gasteiger partial charge in [-0.1, -0.05) is 55.1 Å². The van der Waals surface area contributed by atoms with Crippen molar-refractivity contribution in [3.8, 4) is 11.5 Å². The van der Waals surface area contributed by atoms with Gasteiger partial charge in [0.1, 0.15) is 6.61 Å². The van der Waals surface area contributed by atoms with E-state index in [2.05, 4.69) is 6.58 Å². The van der Waals surface area contributed by atoms with Crippen molar-refractivity contribution >= 4 is 6.08 Å². The number of para-hydroxylation sites is 1. The Hall–Kier alpha value is -2.22. The highest BCUT2D eigenvalue weighted by Gasteiger charge is 2.11. The largest absolute Gasteiger partial charge is 0.486 e. The van der Waals surface area contributed by atoms with E-state index in [4.69, 9.17) is 9.47 Å². The standard InChI is InChI=1S/C18H20O2/c1-4-16-11-8-12-17(18(16)20-14(2)3)19-13-15-9-6-5-7-10-15/h4-12,14H,1,13H2,2-3H3. The molecule has 0 saturated heterocycles. The van der Waals surface area contributed by atoms with Crippen molar-refractivity contribution < 1.29 is 9.47 Å². The van der Waals surface area contributed by atoms with Gasteiger partial charge in [-0.05, 0) is 25.5 Å². The summed E-state index contributed by atoms with van der Waals surface area (Å²) in [5.41, 5.74) is 2.08. The lowest BCUT2D eigenvalue weighted by Crippen LogP contribution is -2.08. The number of benzene rings is 2. The monoisotopic (exact) mass is 268 g/mol. The third kappa shape index (κ3) is 3.64. The molecular formula is C18H20O2. The van der Waals surface area contributed by atoms with Crippen molar-refractivity contribution in [2.75, 3.05) is 0 Å². The van der Waals surface area contributed by atoms with Crippen LogP contribution >= 0.6 is 0 Å². The Balaban J connectivity index is 2.20. The fourth-order valence-corrected chi connectivity index (χ4v) is 1.90. The Morgan fingerprint density at radius 3 is 2.45 bits per heavy atom. The predicted octanol–water partition coefficient (Wildman–Crippen LogP) is 4.70. The fourth-order valence-electron chi connectivity index (χ4n) is 1.90. The summed E-state index contributed by atoms with van der Waals surface area (Å²) in [5, 5.41) is 0. The van der Waals surface area contributed by atoms with E-state index in [1.807, 2.05) is 62.4 Å².